The second-order valence-electron chi connectivity index (χ2n) is 8.07. The van der Waals surface area contributed by atoms with E-state index in [1.54, 1.807) is 31.2 Å². The van der Waals surface area contributed by atoms with E-state index in [1.165, 1.54) is 16.4 Å². The molecule has 0 aliphatic carbocycles. The Kier molecular flexibility index (Phi) is 5.99. The summed E-state index contributed by atoms with van der Waals surface area (Å²) in [5.74, 6) is 0.207. The highest BCUT2D eigenvalue weighted by molar-refractivity contribution is 7.89. The molecule has 1 fully saturated rings. The molecule has 1 aliphatic rings. The van der Waals surface area contributed by atoms with Crippen molar-refractivity contribution in [1.82, 2.24) is 14.5 Å². The summed E-state index contributed by atoms with van der Waals surface area (Å²) in [5.41, 5.74) is 2.60. The fraction of sp³-hybridized carbons (Fsp3) is 0.200. The highest BCUT2D eigenvalue weighted by Crippen LogP contribution is 2.33. The summed E-state index contributed by atoms with van der Waals surface area (Å²) in [5, 5.41) is 13.6. The number of ether oxygens (including phenoxy) is 1. The Morgan fingerprint density at radius 3 is 2.38 bits per heavy atom. The lowest BCUT2D eigenvalue weighted by molar-refractivity contribution is 0.0730. The Balaban J connectivity index is 1.57. The third kappa shape index (κ3) is 4.25. The van der Waals surface area contributed by atoms with Crippen molar-refractivity contribution >= 4 is 32.3 Å². The predicted molar refractivity (Wildman–Crippen MR) is 129 cm³/mol. The summed E-state index contributed by atoms with van der Waals surface area (Å²) in [6.45, 7) is 3.22. The monoisotopic (exact) mass is 478 g/mol. The Hall–Kier alpha value is -3.40. The van der Waals surface area contributed by atoms with E-state index in [1.807, 2.05) is 30.3 Å². The molecule has 1 saturated heterocycles. The lowest BCUT2D eigenvalue weighted by Crippen LogP contribution is -2.40. The molecule has 34 heavy (non-hydrogen) atoms. The van der Waals surface area contributed by atoms with E-state index >= 15 is 0 Å². The zero-order chi connectivity index (χ0) is 23.7. The minimum atomic E-state index is -3.67. The van der Waals surface area contributed by atoms with Crippen LogP contribution in [0.25, 0.3) is 22.0 Å². The number of rotatable bonds is 5. The number of sulfonamides is 1. The molecule has 1 aliphatic heterocycles. The summed E-state index contributed by atoms with van der Waals surface area (Å²) < 4.78 is 46.7. The van der Waals surface area contributed by atoms with Gasteiger partial charge in [0.1, 0.15) is 11.5 Å². The average Bonchev–Trinajstić information content (AvgIpc) is 2.86. The molecule has 4 aromatic rings. The molecule has 1 N–H and O–H groups in total. The third-order valence-corrected chi connectivity index (χ3v) is 7.88. The van der Waals surface area contributed by atoms with Crippen molar-refractivity contribution in [3.63, 3.8) is 0 Å². The number of anilines is 2. The van der Waals surface area contributed by atoms with E-state index in [-0.39, 0.29) is 10.7 Å². The van der Waals surface area contributed by atoms with Gasteiger partial charge in [-0.2, -0.15) is 4.31 Å². The van der Waals surface area contributed by atoms with Crippen LogP contribution in [-0.2, 0) is 14.8 Å². The molecule has 0 spiro atoms. The van der Waals surface area contributed by atoms with E-state index in [2.05, 4.69) is 15.5 Å². The standard InChI is InChI=1S/C25H23FN4O3S/c1-17-6-7-18(16-23(17)34(31,32)30-12-14-33-15-13-30)24-21-4-2-3-5-22(21)25(29-28-24)27-20-10-8-19(26)9-11-20/h2-11,16H,12-15H2,1H3,(H,27,29). The number of nitrogens with zero attached hydrogens (tertiary/aromatic N) is 3. The quantitative estimate of drug-likeness (QED) is 0.454. The van der Waals surface area contributed by atoms with Crippen LogP contribution in [-0.4, -0.2) is 49.2 Å². The fourth-order valence-electron chi connectivity index (χ4n) is 4.03. The van der Waals surface area contributed by atoms with Gasteiger partial charge in [-0.1, -0.05) is 36.4 Å². The lowest BCUT2D eigenvalue weighted by Gasteiger charge is -2.26. The van der Waals surface area contributed by atoms with Crippen molar-refractivity contribution in [3.8, 4) is 11.3 Å². The molecule has 2 heterocycles. The topological polar surface area (TPSA) is 84.4 Å². The maximum atomic E-state index is 13.3. The highest BCUT2D eigenvalue weighted by Gasteiger charge is 2.28. The predicted octanol–water partition coefficient (Wildman–Crippen LogP) is 4.51. The first-order valence-corrected chi connectivity index (χ1v) is 12.3. The van der Waals surface area contributed by atoms with Crippen LogP contribution < -0.4 is 5.32 Å². The Labute approximate surface area is 197 Å². The molecule has 1 aromatic heterocycles. The smallest absolute Gasteiger partial charge is 0.243 e. The Morgan fingerprint density at radius 2 is 1.65 bits per heavy atom. The molecule has 5 rings (SSSR count). The van der Waals surface area contributed by atoms with Crippen LogP contribution in [0.2, 0.25) is 0 Å². The fourth-order valence-corrected chi connectivity index (χ4v) is 5.69. The van der Waals surface area contributed by atoms with Crippen molar-refractivity contribution in [1.29, 1.82) is 0 Å². The van der Waals surface area contributed by atoms with Crippen LogP contribution >= 0.6 is 0 Å². The number of nitrogens with one attached hydrogen (secondary N) is 1. The average molecular weight is 479 g/mol. The first-order chi connectivity index (χ1) is 16.4. The van der Waals surface area contributed by atoms with Crippen molar-refractivity contribution in [2.75, 3.05) is 31.6 Å². The zero-order valence-electron chi connectivity index (χ0n) is 18.5. The summed E-state index contributed by atoms with van der Waals surface area (Å²) >= 11 is 0. The van der Waals surface area contributed by atoms with Crippen LogP contribution in [0.3, 0.4) is 0 Å². The van der Waals surface area contributed by atoms with Gasteiger partial charge in [-0.25, -0.2) is 12.8 Å². The van der Waals surface area contributed by atoms with Crippen molar-refractivity contribution in [3.05, 3.63) is 78.1 Å². The largest absolute Gasteiger partial charge is 0.379 e. The summed E-state index contributed by atoms with van der Waals surface area (Å²) in [4.78, 5) is 0.256. The summed E-state index contributed by atoms with van der Waals surface area (Å²) in [6, 6.07) is 19.0. The molecule has 174 valence electrons. The number of morpholine rings is 1. The molecule has 0 radical (unpaired) electrons. The molecule has 9 heteroatoms. The second kappa shape index (κ2) is 9.09. The normalized spacial score (nSPS) is 14.9. The van der Waals surface area contributed by atoms with E-state index in [0.717, 1.165) is 10.8 Å². The van der Waals surface area contributed by atoms with Gasteiger partial charge in [0.25, 0.3) is 0 Å². The zero-order valence-corrected chi connectivity index (χ0v) is 19.3. The van der Waals surface area contributed by atoms with Crippen LogP contribution in [0.15, 0.2) is 71.6 Å². The minimum absolute atomic E-state index is 0.256. The first kappa shape index (κ1) is 22.4. The van der Waals surface area contributed by atoms with E-state index < -0.39 is 10.0 Å². The number of aromatic nitrogens is 2. The molecule has 0 bridgehead atoms. The van der Waals surface area contributed by atoms with Crippen LogP contribution in [0.5, 0.6) is 0 Å². The van der Waals surface area contributed by atoms with Gasteiger partial charge in [-0.05, 0) is 42.8 Å². The number of aryl methyl sites for hydroxylation is 1. The molecule has 7 nitrogen and oxygen atoms in total. The maximum Gasteiger partial charge on any atom is 0.243 e. The van der Waals surface area contributed by atoms with Gasteiger partial charge in [0.15, 0.2) is 5.82 Å². The van der Waals surface area contributed by atoms with E-state index in [9.17, 15) is 12.8 Å². The van der Waals surface area contributed by atoms with E-state index in [0.29, 0.717) is 54.6 Å². The number of halogens is 1. The number of hydrogen-bond acceptors (Lipinski definition) is 6. The summed E-state index contributed by atoms with van der Waals surface area (Å²) in [7, 11) is -3.67. The van der Waals surface area contributed by atoms with Crippen LogP contribution in [0.4, 0.5) is 15.9 Å². The van der Waals surface area contributed by atoms with Crippen molar-refractivity contribution < 1.29 is 17.5 Å². The maximum absolute atomic E-state index is 13.3. The van der Waals surface area contributed by atoms with Gasteiger partial charge in [-0.15, -0.1) is 10.2 Å². The molecule has 0 unspecified atom stereocenters. The van der Waals surface area contributed by atoms with Crippen molar-refractivity contribution in [2.45, 2.75) is 11.8 Å². The SMILES string of the molecule is Cc1ccc(-c2nnc(Nc3ccc(F)cc3)c3ccccc23)cc1S(=O)(=O)N1CCOCC1. The first-order valence-electron chi connectivity index (χ1n) is 10.9. The number of hydrogen-bond donors (Lipinski definition) is 1. The highest BCUT2D eigenvalue weighted by atomic mass is 32.2. The molecular weight excluding hydrogens is 455 g/mol. The molecule has 0 atom stereocenters. The Bertz CT molecular complexity index is 1450. The number of fused-ring (bicyclic) bond motifs is 1. The minimum Gasteiger partial charge on any atom is -0.379 e. The summed E-state index contributed by atoms with van der Waals surface area (Å²) in [6.07, 6.45) is 0. The molecule has 3 aromatic carbocycles. The van der Waals surface area contributed by atoms with Crippen LogP contribution in [0, 0.1) is 12.7 Å². The van der Waals surface area contributed by atoms with Crippen LogP contribution in [0.1, 0.15) is 5.56 Å². The van der Waals surface area contributed by atoms with Crippen molar-refractivity contribution in [2.24, 2.45) is 0 Å². The van der Waals surface area contributed by atoms with Gasteiger partial charge in [0.05, 0.1) is 18.1 Å². The van der Waals surface area contributed by atoms with Gasteiger partial charge in [-0.3, -0.25) is 0 Å². The second-order valence-corrected chi connectivity index (χ2v) is 9.98. The lowest BCUT2D eigenvalue weighted by atomic mass is 10.0. The van der Waals surface area contributed by atoms with E-state index in [4.69, 9.17) is 4.74 Å². The Morgan fingerprint density at radius 1 is 0.941 bits per heavy atom. The number of benzene rings is 3. The third-order valence-electron chi connectivity index (χ3n) is 5.84. The molecular formula is C25H23FN4O3S. The van der Waals surface area contributed by atoms with Gasteiger partial charge in [0, 0.05) is 35.1 Å². The van der Waals surface area contributed by atoms with Gasteiger partial charge in [0.2, 0.25) is 10.0 Å². The van der Waals surface area contributed by atoms with Gasteiger partial charge >= 0.3 is 0 Å². The van der Waals surface area contributed by atoms with Gasteiger partial charge < -0.3 is 10.1 Å². The molecule has 0 saturated carbocycles. The molecule has 0 amide bonds.